The Labute approximate surface area is 154 Å². The first-order valence-corrected chi connectivity index (χ1v) is 8.91. The average molecular weight is 349 g/mol. The second-order valence-corrected chi connectivity index (χ2v) is 6.45. The molecule has 1 saturated heterocycles. The number of carbonyl (C=O) groups is 1. The Morgan fingerprint density at radius 3 is 2.62 bits per heavy atom. The maximum atomic E-state index is 12.6. The Hall–Kier alpha value is -2.84. The van der Waals surface area contributed by atoms with Crippen molar-refractivity contribution in [3.63, 3.8) is 0 Å². The van der Waals surface area contributed by atoms with E-state index in [2.05, 4.69) is 11.0 Å². The molecule has 3 rings (SSSR count). The van der Waals surface area contributed by atoms with E-state index in [0.717, 1.165) is 18.0 Å². The first kappa shape index (κ1) is 18.0. The Balaban J connectivity index is 1.58. The summed E-state index contributed by atoms with van der Waals surface area (Å²) in [7, 11) is 1.73. The number of carbonyl (C=O) groups excluding carboxylic acids is 1. The molecule has 0 N–H and O–H groups in total. The molecule has 1 aliphatic rings. The van der Waals surface area contributed by atoms with Crippen molar-refractivity contribution in [2.45, 2.75) is 12.8 Å². The average Bonchev–Trinajstić information content (AvgIpc) is 3.21. The van der Waals surface area contributed by atoms with E-state index < -0.39 is 0 Å². The number of hydrogen-bond donors (Lipinski definition) is 0. The summed E-state index contributed by atoms with van der Waals surface area (Å²) in [5.74, 6) is 0.657. The van der Waals surface area contributed by atoms with Gasteiger partial charge in [0.25, 0.3) is 5.91 Å². The predicted molar refractivity (Wildman–Crippen MR) is 102 cm³/mol. The van der Waals surface area contributed by atoms with E-state index in [-0.39, 0.29) is 5.91 Å². The Morgan fingerprint density at radius 2 is 1.92 bits per heavy atom. The highest BCUT2D eigenvalue weighted by atomic mass is 16.5. The molecule has 5 nitrogen and oxygen atoms in total. The van der Waals surface area contributed by atoms with Crippen LogP contribution in [0.15, 0.2) is 48.5 Å². The van der Waals surface area contributed by atoms with Crippen molar-refractivity contribution in [2.24, 2.45) is 0 Å². The summed E-state index contributed by atoms with van der Waals surface area (Å²) in [5, 5.41) is 8.98. The lowest BCUT2D eigenvalue weighted by molar-refractivity contribution is 0.0993. The van der Waals surface area contributed by atoms with E-state index in [4.69, 9.17) is 10.00 Å². The van der Waals surface area contributed by atoms with Crippen LogP contribution in [0, 0.1) is 11.3 Å². The molecule has 2 aromatic carbocycles. The summed E-state index contributed by atoms with van der Waals surface area (Å²) in [4.78, 5) is 16.6. The summed E-state index contributed by atoms with van der Waals surface area (Å²) in [6, 6.07) is 16.3. The fourth-order valence-electron chi connectivity index (χ4n) is 3.10. The van der Waals surface area contributed by atoms with Gasteiger partial charge in [-0.3, -0.25) is 9.69 Å². The van der Waals surface area contributed by atoms with Gasteiger partial charge in [-0.25, -0.2) is 0 Å². The molecule has 1 aliphatic heterocycles. The molecule has 26 heavy (non-hydrogen) atoms. The fraction of sp³-hybridized carbons (Fsp3) is 0.333. The fourth-order valence-corrected chi connectivity index (χ4v) is 3.10. The van der Waals surface area contributed by atoms with Gasteiger partial charge in [0, 0.05) is 24.8 Å². The van der Waals surface area contributed by atoms with Crippen LogP contribution in [0.1, 0.15) is 28.8 Å². The minimum absolute atomic E-state index is 0.148. The van der Waals surface area contributed by atoms with E-state index in [9.17, 15) is 4.79 Å². The molecule has 2 aromatic rings. The molecule has 0 aliphatic carbocycles. The molecule has 0 bridgehead atoms. The molecule has 0 saturated carbocycles. The predicted octanol–water partition coefficient (Wildman–Crippen LogP) is 3.31. The van der Waals surface area contributed by atoms with Gasteiger partial charge in [0.05, 0.1) is 11.6 Å². The van der Waals surface area contributed by atoms with E-state index in [1.807, 2.05) is 24.3 Å². The number of nitriles is 1. The summed E-state index contributed by atoms with van der Waals surface area (Å²) < 4.78 is 5.80. The van der Waals surface area contributed by atoms with Crippen molar-refractivity contribution in [1.82, 2.24) is 4.90 Å². The van der Waals surface area contributed by atoms with Crippen molar-refractivity contribution >= 4 is 11.6 Å². The monoisotopic (exact) mass is 349 g/mol. The zero-order chi connectivity index (χ0) is 18.4. The van der Waals surface area contributed by atoms with Crippen LogP contribution in [0.3, 0.4) is 0 Å². The van der Waals surface area contributed by atoms with Crippen LogP contribution in [0.2, 0.25) is 0 Å². The van der Waals surface area contributed by atoms with Gasteiger partial charge < -0.3 is 9.64 Å². The SMILES string of the molecule is CN(C(=O)c1cccc(C#N)c1)c1ccc(OCCN2CCCC2)cc1. The zero-order valence-corrected chi connectivity index (χ0v) is 15.0. The molecule has 0 atom stereocenters. The molecule has 1 amide bonds. The van der Waals surface area contributed by atoms with Crippen molar-refractivity contribution < 1.29 is 9.53 Å². The quantitative estimate of drug-likeness (QED) is 0.803. The second-order valence-electron chi connectivity index (χ2n) is 6.45. The van der Waals surface area contributed by atoms with Gasteiger partial charge >= 0.3 is 0 Å². The highest BCUT2D eigenvalue weighted by molar-refractivity contribution is 6.05. The molecule has 0 radical (unpaired) electrons. The first-order valence-electron chi connectivity index (χ1n) is 8.91. The number of nitrogens with zero attached hydrogens (tertiary/aromatic N) is 3. The highest BCUT2D eigenvalue weighted by Gasteiger charge is 2.14. The normalized spacial score (nSPS) is 14.0. The molecule has 0 unspecified atom stereocenters. The van der Waals surface area contributed by atoms with Crippen molar-refractivity contribution in [3.05, 3.63) is 59.7 Å². The molecular formula is C21H23N3O2. The lowest BCUT2D eigenvalue weighted by atomic mass is 10.1. The maximum absolute atomic E-state index is 12.6. The third-order valence-electron chi connectivity index (χ3n) is 4.64. The van der Waals surface area contributed by atoms with Gasteiger partial charge in [0.2, 0.25) is 0 Å². The Kier molecular flexibility index (Phi) is 5.88. The topological polar surface area (TPSA) is 56.6 Å². The van der Waals surface area contributed by atoms with Crippen LogP contribution in [0.25, 0.3) is 0 Å². The lowest BCUT2D eigenvalue weighted by Gasteiger charge is -2.18. The Morgan fingerprint density at radius 1 is 1.19 bits per heavy atom. The number of benzene rings is 2. The summed E-state index contributed by atoms with van der Waals surface area (Å²) in [5.41, 5.74) is 1.76. The summed E-state index contributed by atoms with van der Waals surface area (Å²) in [6.45, 7) is 3.97. The molecule has 0 aromatic heterocycles. The molecular weight excluding hydrogens is 326 g/mol. The first-order chi connectivity index (χ1) is 12.7. The molecule has 1 fully saturated rings. The lowest BCUT2D eigenvalue weighted by Crippen LogP contribution is -2.26. The van der Waals surface area contributed by atoms with Gasteiger partial charge in [0.1, 0.15) is 12.4 Å². The largest absolute Gasteiger partial charge is 0.492 e. The van der Waals surface area contributed by atoms with Gasteiger partial charge in [-0.1, -0.05) is 6.07 Å². The zero-order valence-electron chi connectivity index (χ0n) is 15.0. The number of amides is 1. The van der Waals surface area contributed by atoms with Crippen molar-refractivity contribution in [1.29, 1.82) is 5.26 Å². The molecule has 1 heterocycles. The van der Waals surface area contributed by atoms with Crippen LogP contribution >= 0.6 is 0 Å². The smallest absolute Gasteiger partial charge is 0.258 e. The summed E-state index contributed by atoms with van der Waals surface area (Å²) >= 11 is 0. The third-order valence-corrected chi connectivity index (χ3v) is 4.64. The Bertz CT molecular complexity index is 790. The van der Waals surface area contributed by atoms with E-state index >= 15 is 0 Å². The minimum atomic E-state index is -0.148. The highest BCUT2D eigenvalue weighted by Crippen LogP contribution is 2.20. The second kappa shape index (κ2) is 8.50. The van der Waals surface area contributed by atoms with E-state index in [1.54, 1.807) is 36.2 Å². The summed E-state index contributed by atoms with van der Waals surface area (Å²) in [6.07, 6.45) is 2.57. The number of ether oxygens (including phenoxy) is 1. The number of hydrogen-bond acceptors (Lipinski definition) is 4. The standard InChI is InChI=1S/C21H23N3O2/c1-23(21(25)18-6-4-5-17(15-18)16-22)19-7-9-20(10-8-19)26-14-13-24-11-2-3-12-24/h4-10,15H,2-3,11-14H2,1H3. The van der Waals surface area contributed by atoms with Gasteiger partial charge in [-0.15, -0.1) is 0 Å². The van der Waals surface area contributed by atoms with Crippen LogP contribution in [0.4, 0.5) is 5.69 Å². The van der Waals surface area contributed by atoms with E-state index in [1.165, 1.54) is 25.9 Å². The van der Waals surface area contributed by atoms with E-state index in [0.29, 0.717) is 17.7 Å². The van der Waals surface area contributed by atoms with Gasteiger partial charge in [0.15, 0.2) is 0 Å². The van der Waals surface area contributed by atoms with Crippen LogP contribution in [-0.4, -0.2) is 44.1 Å². The maximum Gasteiger partial charge on any atom is 0.258 e. The van der Waals surface area contributed by atoms with Crippen molar-refractivity contribution in [2.75, 3.05) is 38.2 Å². The molecule has 5 heteroatoms. The minimum Gasteiger partial charge on any atom is -0.492 e. The number of likely N-dealkylation sites (tertiary alicyclic amines) is 1. The van der Waals surface area contributed by atoms with Crippen molar-refractivity contribution in [3.8, 4) is 11.8 Å². The molecule has 134 valence electrons. The molecule has 0 spiro atoms. The number of anilines is 1. The van der Waals surface area contributed by atoms with Crippen LogP contribution in [-0.2, 0) is 0 Å². The third kappa shape index (κ3) is 4.41. The van der Waals surface area contributed by atoms with Gasteiger partial charge in [-0.2, -0.15) is 5.26 Å². The van der Waals surface area contributed by atoms with Gasteiger partial charge in [-0.05, 0) is 68.4 Å². The van der Waals surface area contributed by atoms with Crippen LogP contribution in [0.5, 0.6) is 5.75 Å². The number of rotatable bonds is 6. The van der Waals surface area contributed by atoms with Crippen LogP contribution < -0.4 is 9.64 Å².